The van der Waals surface area contributed by atoms with Gasteiger partial charge in [-0.1, -0.05) is 42.0 Å². The molecule has 2 aliphatic rings. The van der Waals surface area contributed by atoms with Crippen LogP contribution in [0.15, 0.2) is 82.8 Å². The number of phenolic OH excluding ortho intramolecular Hbond substituents is 1. The molecule has 1 aromatic heterocycles. The predicted molar refractivity (Wildman–Crippen MR) is 158 cm³/mol. The molecule has 3 N–H and O–H groups in total. The van der Waals surface area contributed by atoms with E-state index in [2.05, 4.69) is 0 Å². The zero-order valence-corrected chi connectivity index (χ0v) is 24.1. The van der Waals surface area contributed by atoms with Gasteiger partial charge in [-0.25, -0.2) is 4.39 Å². The fourth-order valence-electron chi connectivity index (χ4n) is 6.05. The summed E-state index contributed by atoms with van der Waals surface area (Å²) in [5.74, 6) is -3.20. The number of rotatable bonds is 11. The van der Waals surface area contributed by atoms with E-state index in [9.17, 15) is 29.3 Å². The molecule has 2 aromatic carbocycles. The lowest BCUT2D eigenvalue weighted by Crippen LogP contribution is -2.40. The fourth-order valence-corrected chi connectivity index (χ4v) is 6.74. The number of para-hydroxylation sites is 1. The number of carbonyl (C=O) groups is 2. The Hall–Kier alpha value is -3.79. The van der Waals surface area contributed by atoms with Crippen molar-refractivity contribution in [3.8, 4) is 11.5 Å². The fraction of sp³-hybridized carbons (Fsp3) is 0.333. The Kier molecular flexibility index (Phi) is 9.21. The number of likely N-dealkylation sites (tertiary alicyclic amines) is 1. The Morgan fingerprint density at radius 3 is 2.62 bits per heavy atom. The van der Waals surface area contributed by atoms with Gasteiger partial charge in [0.05, 0.1) is 31.1 Å². The number of thiophene rings is 1. The number of hydrogen-bond donors (Lipinski definition) is 3. The summed E-state index contributed by atoms with van der Waals surface area (Å²) >= 11 is 1.47. The minimum Gasteiger partial charge on any atom is -0.505 e. The van der Waals surface area contributed by atoms with Crippen LogP contribution >= 0.6 is 11.3 Å². The lowest BCUT2D eigenvalue weighted by molar-refractivity contribution is -0.140. The first-order valence-electron chi connectivity index (χ1n) is 14.0. The molecule has 42 heavy (non-hydrogen) atoms. The average Bonchev–Trinajstić information content (AvgIpc) is 3.59. The Balaban J connectivity index is 1.40. The number of fused-ring (bicyclic) bond motifs is 1. The van der Waals surface area contributed by atoms with Crippen molar-refractivity contribution in [3.63, 3.8) is 0 Å². The molecule has 2 heterocycles. The largest absolute Gasteiger partial charge is 0.505 e. The van der Waals surface area contributed by atoms with Crippen LogP contribution in [0.4, 0.5) is 4.39 Å². The maximum atomic E-state index is 13.8. The van der Waals surface area contributed by atoms with E-state index < -0.39 is 42.0 Å². The highest BCUT2D eigenvalue weighted by Crippen LogP contribution is 2.46. The first kappa shape index (κ1) is 29.7. The minimum absolute atomic E-state index is 0.115. The molecular weight excluding hydrogens is 557 g/mol. The van der Waals surface area contributed by atoms with Crippen LogP contribution in [0.5, 0.6) is 11.5 Å². The maximum absolute atomic E-state index is 13.8. The quantitative estimate of drug-likeness (QED) is 0.206. The minimum atomic E-state index is -0.994. The number of nitrogens with zero attached hydrogens (tertiary/aromatic N) is 1. The molecular formula is C33H34FNO6S. The van der Waals surface area contributed by atoms with E-state index in [0.29, 0.717) is 35.3 Å². The van der Waals surface area contributed by atoms with Crippen LogP contribution in [-0.2, 0) is 16.1 Å². The number of allylic oxidation sites excluding steroid dienone is 1. The van der Waals surface area contributed by atoms with Gasteiger partial charge in [-0.3, -0.25) is 14.5 Å². The Labute approximate surface area is 248 Å². The van der Waals surface area contributed by atoms with Gasteiger partial charge in [-0.15, -0.1) is 11.3 Å². The Morgan fingerprint density at radius 2 is 1.93 bits per heavy atom. The topological polar surface area (TPSA) is 107 Å². The van der Waals surface area contributed by atoms with Crippen molar-refractivity contribution in [1.29, 1.82) is 0 Å². The summed E-state index contributed by atoms with van der Waals surface area (Å²) in [5, 5.41) is 33.5. The number of aliphatic hydroxyl groups excluding tert-OH is 2. The number of carbonyl (C=O) groups excluding carboxylic acids is 2. The summed E-state index contributed by atoms with van der Waals surface area (Å²) in [6.07, 6.45) is 1.80. The molecule has 1 fully saturated rings. The third-order valence-corrected chi connectivity index (χ3v) is 8.94. The van der Waals surface area contributed by atoms with Gasteiger partial charge in [0.2, 0.25) is 11.8 Å². The zero-order chi connectivity index (χ0) is 29.8. The lowest BCUT2D eigenvalue weighted by atomic mass is 9.68. The van der Waals surface area contributed by atoms with Crippen LogP contribution in [0, 0.1) is 23.6 Å². The molecule has 0 radical (unpaired) electrons. The molecule has 3 aromatic rings. The van der Waals surface area contributed by atoms with E-state index in [1.54, 1.807) is 12.1 Å². The molecule has 0 spiro atoms. The summed E-state index contributed by atoms with van der Waals surface area (Å²) in [4.78, 5) is 29.3. The highest BCUT2D eigenvalue weighted by Gasteiger charge is 2.54. The number of phenols is 1. The molecule has 1 saturated heterocycles. The van der Waals surface area contributed by atoms with E-state index in [4.69, 9.17) is 4.74 Å². The predicted octanol–water partition coefficient (Wildman–Crippen LogP) is 5.33. The van der Waals surface area contributed by atoms with Gasteiger partial charge in [0, 0.05) is 10.8 Å². The van der Waals surface area contributed by atoms with Gasteiger partial charge in [0.25, 0.3) is 0 Å². The summed E-state index contributed by atoms with van der Waals surface area (Å²) in [5.41, 5.74) is 2.73. The number of benzene rings is 2. The van der Waals surface area contributed by atoms with Crippen LogP contribution in [0.3, 0.4) is 0 Å². The van der Waals surface area contributed by atoms with Gasteiger partial charge in [-0.2, -0.15) is 0 Å². The third-order valence-electron chi connectivity index (χ3n) is 8.08. The van der Waals surface area contributed by atoms with E-state index in [1.165, 1.54) is 28.4 Å². The molecule has 5 rings (SSSR count). The summed E-state index contributed by atoms with van der Waals surface area (Å²) < 4.78 is 19.8. The molecule has 0 bridgehead atoms. The number of aliphatic hydroxyl groups is 2. The molecule has 0 unspecified atom stereocenters. The van der Waals surface area contributed by atoms with E-state index in [-0.39, 0.29) is 31.4 Å². The van der Waals surface area contributed by atoms with Crippen molar-refractivity contribution < 1.29 is 34.0 Å². The monoisotopic (exact) mass is 591 g/mol. The molecule has 2 amide bonds. The average molecular weight is 592 g/mol. The van der Waals surface area contributed by atoms with Crippen LogP contribution in [0.2, 0.25) is 0 Å². The Morgan fingerprint density at radius 1 is 1.14 bits per heavy atom. The van der Waals surface area contributed by atoms with Gasteiger partial charge in [0.15, 0.2) is 11.6 Å². The highest BCUT2D eigenvalue weighted by molar-refractivity contribution is 7.09. The van der Waals surface area contributed by atoms with E-state index in [0.717, 1.165) is 10.5 Å². The van der Waals surface area contributed by atoms with Crippen LogP contribution in [0.1, 0.15) is 36.6 Å². The van der Waals surface area contributed by atoms with Crippen molar-refractivity contribution in [3.05, 3.63) is 99.0 Å². The highest BCUT2D eigenvalue weighted by atomic mass is 32.1. The van der Waals surface area contributed by atoms with Gasteiger partial charge < -0.3 is 20.1 Å². The first-order chi connectivity index (χ1) is 20.3. The summed E-state index contributed by atoms with van der Waals surface area (Å²) in [7, 11) is 0. The second-order valence-corrected chi connectivity index (χ2v) is 11.9. The zero-order valence-electron chi connectivity index (χ0n) is 23.3. The van der Waals surface area contributed by atoms with Crippen molar-refractivity contribution in [2.45, 2.75) is 38.8 Å². The van der Waals surface area contributed by atoms with Crippen LogP contribution in [-0.4, -0.2) is 51.4 Å². The molecule has 1 aliphatic heterocycles. The van der Waals surface area contributed by atoms with Gasteiger partial charge in [-0.05, 0) is 78.6 Å². The normalized spacial score (nSPS) is 21.6. The second kappa shape index (κ2) is 13.0. The van der Waals surface area contributed by atoms with Crippen molar-refractivity contribution in [1.82, 2.24) is 4.90 Å². The van der Waals surface area contributed by atoms with Crippen molar-refractivity contribution in [2.75, 3.05) is 13.2 Å². The smallest absolute Gasteiger partial charge is 0.234 e. The summed E-state index contributed by atoms with van der Waals surface area (Å²) in [6.45, 7) is 1.78. The lowest BCUT2D eigenvalue weighted by Gasteiger charge is -2.36. The number of hydrogen-bond acceptors (Lipinski definition) is 7. The number of imide groups is 1. The maximum Gasteiger partial charge on any atom is 0.234 e. The second-order valence-electron chi connectivity index (χ2n) is 10.9. The number of aromatic hydroxyl groups is 1. The first-order valence-corrected chi connectivity index (χ1v) is 14.9. The van der Waals surface area contributed by atoms with Crippen LogP contribution in [0.25, 0.3) is 6.08 Å². The van der Waals surface area contributed by atoms with E-state index >= 15 is 0 Å². The van der Waals surface area contributed by atoms with Crippen molar-refractivity contribution >= 4 is 29.2 Å². The molecule has 9 heteroatoms. The van der Waals surface area contributed by atoms with Gasteiger partial charge >= 0.3 is 0 Å². The van der Waals surface area contributed by atoms with Gasteiger partial charge in [0.1, 0.15) is 12.4 Å². The summed E-state index contributed by atoms with van der Waals surface area (Å²) in [6, 6.07) is 17.1. The molecule has 1 aliphatic carbocycles. The molecule has 220 valence electrons. The third kappa shape index (κ3) is 6.33. The standard InChI is InChI=1S/C33H34FNO6S/c1-20(14-21-10-12-28(37)27(34)15-21)9-11-29(38)30-22(19-41-23-6-3-2-4-7-23)16-25-31(26(30)18-36)33(40)35(32(25)39)17-24-8-5-13-42-24/h2-8,10,12-15,25-26,29,31,36-38H,9,11,16-19H2,1H3/b20-14+/t25-,26+,29-,31-/m1/s1. The number of ether oxygens (including phenoxy) is 1. The number of amides is 2. The Bertz CT molecular complexity index is 1490. The number of halogens is 1. The van der Waals surface area contributed by atoms with Crippen LogP contribution < -0.4 is 4.74 Å². The van der Waals surface area contributed by atoms with Crippen molar-refractivity contribution in [2.24, 2.45) is 17.8 Å². The molecule has 4 atom stereocenters. The SMILES string of the molecule is C/C(=C\c1ccc(O)c(F)c1)CC[C@@H](O)C1=C(COc2ccccc2)C[C@H]2C(=O)N(Cc3cccs3)C(=O)[C@H]2[C@H]1CO. The molecule has 7 nitrogen and oxygen atoms in total. The van der Waals surface area contributed by atoms with E-state index in [1.807, 2.05) is 54.8 Å². The molecule has 0 saturated carbocycles.